The third-order valence-electron chi connectivity index (χ3n) is 3.35. The monoisotopic (exact) mass is 323 g/mol. The highest BCUT2D eigenvalue weighted by molar-refractivity contribution is 5.74. The highest BCUT2D eigenvalue weighted by Crippen LogP contribution is 2.24. The van der Waals surface area contributed by atoms with Gasteiger partial charge in [-0.2, -0.15) is 0 Å². The summed E-state index contributed by atoms with van der Waals surface area (Å²) in [7, 11) is 0. The van der Waals surface area contributed by atoms with Crippen LogP contribution in [0.3, 0.4) is 0 Å². The maximum atomic E-state index is 13.9. The van der Waals surface area contributed by atoms with E-state index in [1.165, 1.54) is 12.1 Å². The molecule has 23 heavy (non-hydrogen) atoms. The summed E-state index contributed by atoms with van der Waals surface area (Å²) in [5.41, 5.74) is 0.257. The van der Waals surface area contributed by atoms with Gasteiger partial charge in [-0.15, -0.1) is 5.10 Å². The maximum absolute atomic E-state index is 13.9. The summed E-state index contributed by atoms with van der Waals surface area (Å²) in [6.07, 6.45) is 3.23. The molecule has 124 valence electrons. The molecule has 2 amide bonds. The number of nitrogens with one attached hydrogen (secondary N) is 2. The summed E-state index contributed by atoms with van der Waals surface area (Å²) in [5, 5.41) is 12.8. The Morgan fingerprint density at radius 3 is 2.74 bits per heavy atom. The van der Waals surface area contributed by atoms with E-state index in [0.29, 0.717) is 13.1 Å². The summed E-state index contributed by atoms with van der Waals surface area (Å²) in [6.45, 7) is 4.53. The molecule has 1 aromatic carbocycles. The van der Waals surface area contributed by atoms with E-state index >= 15 is 0 Å². The van der Waals surface area contributed by atoms with Crippen LogP contribution in [0.4, 0.5) is 13.6 Å². The van der Waals surface area contributed by atoms with Crippen LogP contribution >= 0.6 is 0 Å². The zero-order valence-electron chi connectivity index (χ0n) is 13.0. The summed E-state index contributed by atoms with van der Waals surface area (Å²) >= 11 is 0. The average Bonchev–Trinajstić information content (AvgIpc) is 2.98. The van der Waals surface area contributed by atoms with Gasteiger partial charge >= 0.3 is 6.03 Å². The number of nitrogens with zero attached hydrogens (tertiary/aromatic N) is 3. The quantitative estimate of drug-likeness (QED) is 0.856. The van der Waals surface area contributed by atoms with E-state index in [1.54, 1.807) is 17.1 Å². The lowest BCUT2D eigenvalue weighted by molar-refractivity contribution is 0.232. The lowest BCUT2D eigenvalue weighted by Crippen LogP contribution is -2.41. The van der Waals surface area contributed by atoms with Gasteiger partial charge in [0.2, 0.25) is 0 Å². The molecule has 0 aliphatic rings. The fourth-order valence-electron chi connectivity index (χ4n) is 2.19. The zero-order valence-corrected chi connectivity index (χ0v) is 13.0. The highest BCUT2D eigenvalue weighted by atomic mass is 19.1. The number of hydrogen-bond acceptors (Lipinski definition) is 3. The van der Waals surface area contributed by atoms with Crippen LogP contribution in [-0.2, 0) is 6.54 Å². The van der Waals surface area contributed by atoms with E-state index in [-0.39, 0.29) is 11.5 Å². The maximum Gasteiger partial charge on any atom is 0.315 e. The largest absolute Gasteiger partial charge is 0.336 e. The lowest BCUT2D eigenvalue weighted by Gasteiger charge is -2.23. The number of rotatable bonds is 6. The van der Waals surface area contributed by atoms with Crippen molar-refractivity contribution < 1.29 is 13.6 Å². The number of hydrogen-bond donors (Lipinski definition) is 2. The van der Waals surface area contributed by atoms with Crippen molar-refractivity contribution in [2.24, 2.45) is 5.92 Å². The molecule has 1 heterocycles. The SMILES string of the molecule is CC(C)[C@@H](NC(=O)NCCn1ccnn1)c1ccc(F)cc1F. The molecule has 2 rings (SSSR count). The van der Waals surface area contributed by atoms with Crippen molar-refractivity contribution in [3.63, 3.8) is 0 Å². The summed E-state index contributed by atoms with van der Waals surface area (Å²) in [5.74, 6) is -1.38. The Hall–Kier alpha value is -2.51. The smallest absolute Gasteiger partial charge is 0.315 e. The van der Waals surface area contributed by atoms with Gasteiger partial charge in [0, 0.05) is 24.4 Å². The van der Waals surface area contributed by atoms with Crippen molar-refractivity contribution in [3.05, 3.63) is 47.8 Å². The molecule has 6 nitrogen and oxygen atoms in total. The molecule has 0 saturated carbocycles. The Kier molecular flexibility index (Phi) is 5.61. The zero-order chi connectivity index (χ0) is 16.8. The highest BCUT2D eigenvalue weighted by Gasteiger charge is 2.21. The number of benzene rings is 1. The Morgan fingerprint density at radius 1 is 1.35 bits per heavy atom. The van der Waals surface area contributed by atoms with Crippen LogP contribution in [0.1, 0.15) is 25.5 Å². The van der Waals surface area contributed by atoms with Crippen molar-refractivity contribution in [2.45, 2.75) is 26.4 Å². The summed E-state index contributed by atoms with van der Waals surface area (Å²) < 4.78 is 28.5. The van der Waals surface area contributed by atoms with Gasteiger partial charge in [0.05, 0.1) is 18.8 Å². The van der Waals surface area contributed by atoms with Crippen LogP contribution in [0, 0.1) is 17.6 Å². The van der Waals surface area contributed by atoms with Gasteiger partial charge in [0.15, 0.2) is 0 Å². The molecule has 0 saturated heterocycles. The number of halogens is 2. The van der Waals surface area contributed by atoms with Crippen molar-refractivity contribution in [1.82, 2.24) is 25.6 Å². The van der Waals surface area contributed by atoms with E-state index in [0.717, 1.165) is 6.07 Å². The normalized spacial score (nSPS) is 12.2. The molecular formula is C15H19F2N5O. The van der Waals surface area contributed by atoms with Crippen LogP contribution in [0.2, 0.25) is 0 Å². The third-order valence-corrected chi connectivity index (χ3v) is 3.35. The van der Waals surface area contributed by atoms with E-state index in [1.807, 2.05) is 13.8 Å². The lowest BCUT2D eigenvalue weighted by atomic mass is 9.95. The number of carbonyl (C=O) groups is 1. The second-order valence-electron chi connectivity index (χ2n) is 5.45. The van der Waals surface area contributed by atoms with Crippen LogP contribution in [0.15, 0.2) is 30.6 Å². The fraction of sp³-hybridized carbons (Fsp3) is 0.400. The first kappa shape index (κ1) is 16.9. The van der Waals surface area contributed by atoms with E-state index in [9.17, 15) is 13.6 Å². The Balaban J connectivity index is 1.94. The predicted molar refractivity (Wildman–Crippen MR) is 80.5 cm³/mol. The van der Waals surface area contributed by atoms with E-state index in [4.69, 9.17) is 0 Å². The molecule has 0 fully saturated rings. The Morgan fingerprint density at radius 2 is 2.13 bits per heavy atom. The van der Waals surface area contributed by atoms with Crippen molar-refractivity contribution in [2.75, 3.05) is 6.54 Å². The third kappa shape index (κ3) is 4.73. The molecule has 0 aliphatic heterocycles. The number of urea groups is 1. The average molecular weight is 323 g/mol. The van der Waals surface area contributed by atoms with Crippen molar-refractivity contribution in [1.29, 1.82) is 0 Å². The first-order chi connectivity index (χ1) is 11.0. The van der Waals surface area contributed by atoms with Gasteiger partial charge in [0.1, 0.15) is 11.6 Å². The van der Waals surface area contributed by atoms with Crippen LogP contribution in [-0.4, -0.2) is 27.6 Å². The summed E-state index contributed by atoms with van der Waals surface area (Å²) in [4.78, 5) is 12.0. The van der Waals surface area contributed by atoms with Gasteiger partial charge in [-0.25, -0.2) is 13.6 Å². The van der Waals surface area contributed by atoms with Gasteiger partial charge in [-0.05, 0) is 12.0 Å². The van der Waals surface area contributed by atoms with Crippen LogP contribution in [0.25, 0.3) is 0 Å². The first-order valence-electron chi connectivity index (χ1n) is 7.31. The molecule has 2 N–H and O–H groups in total. The second-order valence-corrected chi connectivity index (χ2v) is 5.45. The molecule has 0 bridgehead atoms. The van der Waals surface area contributed by atoms with Crippen LogP contribution < -0.4 is 10.6 Å². The summed E-state index contributed by atoms with van der Waals surface area (Å²) in [6, 6.07) is 2.37. The van der Waals surface area contributed by atoms with E-state index in [2.05, 4.69) is 20.9 Å². The van der Waals surface area contributed by atoms with Crippen molar-refractivity contribution in [3.8, 4) is 0 Å². The van der Waals surface area contributed by atoms with Gasteiger partial charge in [-0.1, -0.05) is 25.1 Å². The minimum Gasteiger partial charge on any atom is -0.336 e. The van der Waals surface area contributed by atoms with Gasteiger partial charge < -0.3 is 10.6 Å². The topological polar surface area (TPSA) is 71.8 Å². The minimum absolute atomic E-state index is 0.0592. The molecule has 2 aromatic rings. The fourth-order valence-corrected chi connectivity index (χ4v) is 2.19. The Labute approximate surface area is 132 Å². The predicted octanol–water partition coefficient (Wildman–Crippen LogP) is 2.25. The molecule has 0 radical (unpaired) electrons. The minimum atomic E-state index is -0.674. The molecule has 0 aliphatic carbocycles. The number of aromatic nitrogens is 3. The van der Waals surface area contributed by atoms with Gasteiger partial charge in [0.25, 0.3) is 0 Å². The Bertz CT molecular complexity index is 645. The standard InChI is InChI=1S/C15H19F2N5O/c1-10(2)14(12-4-3-11(16)9-13(12)17)20-15(23)18-5-7-22-8-6-19-21-22/h3-4,6,8-10,14H,5,7H2,1-2H3,(H2,18,20,23)/t14-/m1/s1. The molecule has 8 heteroatoms. The number of amides is 2. The van der Waals surface area contributed by atoms with Gasteiger partial charge in [-0.3, -0.25) is 4.68 Å². The first-order valence-corrected chi connectivity index (χ1v) is 7.31. The second kappa shape index (κ2) is 7.66. The van der Waals surface area contributed by atoms with E-state index < -0.39 is 23.7 Å². The van der Waals surface area contributed by atoms with Crippen molar-refractivity contribution >= 4 is 6.03 Å². The molecule has 1 atom stereocenters. The number of carbonyl (C=O) groups excluding carboxylic acids is 1. The molecular weight excluding hydrogens is 304 g/mol. The molecule has 0 unspecified atom stereocenters. The van der Waals surface area contributed by atoms with Crippen LogP contribution in [0.5, 0.6) is 0 Å². The molecule has 0 spiro atoms. The molecule has 1 aromatic heterocycles.